The van der Waals surface area contributed by atoms with Crippen molar-refractivity contribution in [3.8, 4) is 22.6 Å². The van der Waals surface area contributed by atoms with Crippen molar-refractivity contribution in [3.63, 3.8) is 0 Å². The maximum atomic E-state index is 14.0. The molecule has 12 nitrogen and oxygen atoms in total. The van der Waals surface area contributed by atoms with Gasteiger partial charge < -0.3 is 15.5 Å². The Hall–Kier alpha value is -4.61. The number of anilines is 2. The van der Waals surface area contributed by atoms with Crippen molar-refractivity contribution < 1.29 is 4.42 Å². The third kappa shape index (κ3) is 3.99. The van der Waals surface area contributed by atoms with Gasteiger partial charge in [-0.1, -0.05) is 19.1 Å². The van der Waals surface area contributed by atoms with Crippen molar-refractivity contribution >= 4 is 22.5 Å². The summed E-state index contributed by atoms with van der Waals surface area (Å²) in [5, 5.41) is 16.3. The molecule has 1 atom stereocenters. The van der Waals surface area contributed by atoms with Gasteiger partial charge in [-0.3, -0.25) is 14.0 Å². The van der Waals surface area contributed by atoms with E-state index < -0.39 is 0 Å². The zero-order chi connectivity index (χ0) is 25.7. The van der Waals surface area contributed by atoms with Crippen LogP contribution in [0.2, 0.25) is 0 Å². The number of nitrogen functional groups attached to an aromatic ring is 1. The summed E-state index contributed by atoms with van der Waals surface area (Å²) in [5.74, 6) is 1.92. The molecule has 1 aliphatic rings. The molecule has 0 spiro atoms. The Morgan fingerprint density at radius 1 is 1.24 bits per heavy atom. The van der Waals surface area contributed by atoms with Crippen molar-refractivity contribution in [2.24, 2.45) is 7.05 Å². The predicted molar refractivity (Wildman–Crippen MR) is 138 cm³/mol. The molecule has 188 valence electrons. The van der Waals surface area contributed by atoms with Crippen molar-refractivity contribution in [2.45, 2.75) is 45.2 Å². The number of hydrogen-bond donors (Lipinski definition) is 2. The number of aromatic nitrogens is 8. The second-order valence-electron chi connectivity index (χ2n) is 9.19. The fourth-order valence-corrected chi connectivity index (χ4v) is 4.62. The van der Waals surface area contributed by atoms with Crippen molar-refractivity contribution in [3.05, 3.63) is 59.0 Å². The minimum absolute atomic E-state index is 0.0582. The Kier molecular flexibility index (Phi) is 5.43. The molecule has 0 saturated heterocycles. The number of hydrogen-bond acceptors (Lipinski definition) is 10. The van der Waals surface area contributed by atoms with E-state index in [0.717, 1.165) is 24.0 Å². The van der Waals surface area contributed by atoms with Crippen LogP contribution >= 0.6 is 0 Å². The lowest BCUT2D eigenvalue weighted by molar-refractivity contribution is 0.532. The second kappa shape index (κ2) is 8.80. The average Bonchev–Trinajstić information content (AvgIpc) is 3.48. The van der Waals surface area contributed by atoms with Crippen LogP contribution in [0.5, 0.6) is 0 Å². The number of fused-ring (bicyclic) bond motifs is 1. The third-order valence-electron chi connectivity index (χ3n) is 6.53. The minimum Gasteiger partial charge on any atom is -0.421 e. The second-order valence-corrected chi connectivity index (χ2v) is 9.19. The van der Waals surface area contributed by atoms with Gasteiger partial charge in [-0.2, -0.15) is 5.10 Å². The molecule has 4 heterocycles. The SMILES string of the molecule is CC[C@H](Nc1ncnc(N)c1-c1nnc(C)o1)c1nc2cccc(-c3cnn(C)c3)c2c(=O)n1C1CC1. The van der Waals surface area contributed by atoms with E-state index in [2.05, 4.69) is 30.6 Å². The maximum Gasteiger partial charge on any atom is 0.262 e. The highest BCUT2D eigenvalue weighted by Crippen LogP contribution is 2.39. The number of benzene rings is 1. The van der Waals surface area contributed by atoms with Crippen LogP contribution in [0.15, 0.2) is 46.1 Å². The van der Waals surface area contributed by atoms with Crippen LogP contribution in [0.25, 0.3) is 33.5 Å². The fraction of sp³-hybridized carbons (Fsp3) is 0.320. The Morgan fingerprint density at radius 2 is 2.08 bits per heavy atom. The minimum atomic E-state index is -0.336. The molecule has 12 heteroatoms. The van der Waals surface area contributed by atoms with E-state index in [1.807, 2.05) is 42.9 Å². The number of nitrogens with one attached hydrogen (secondary N) is 1. The molecule has 0 unspecified atom stereocenters. The van der Waals surface area contributed by atoms with Crippen LogP contribution in [-0.2, 0) is 7.05 Å². The molecule has 1 saturated carbocycles. The van der Waals surface area contributed by atoms with Gasteiger partial charge in [-0.05, 0) is 30.9 Å². The first-order valence-electron chi connectivity index (χ1n) is 12.2. The lowest BCUT2D eigenvalue weighted by Gasteiger charge is -2.23. The van der Waals surface area contributed by atoms with Crippen LogP contribution in [0.3, 0.4) is 0 Å². The van der Waals surface area contributed by atoms with Gasteiger partial charge in [0.05, 0.1) is 23.1 Å². The van der Waals surface area contributed by atoms with Crippen LogP contribution in [0.1, 0.15) is 50.0 Å². The summed E-state index contributed by atoms with van der Waals surface area (Å²) < 4.78 is 9.18. The Bertz CT molecular complexity index is 1680. The predicted octanol–water partition coefficient (Wildman–Crippen LogP) is 3.43. The van der Waals surface area contributed by atoms with E-state index in [4.69, 9.17) is 15.1 Å². The van der Waals surface area contributed by atoms with Crippen LogP contribution in [0, 0.1) is 6.92 Å². The molecule has 1 aliphatic carbocycles. The summed E-state index contributed by atoms with van der Waals surface area (Å²) in [4.78, 5) is 27.6. The summed E-state index contributed by atoms with van der Waals surface area (Å²) in [6.07, 6.45) is 7.54. The number of nitrogens with zero attached hydrogens (tertiary/aromatic N) is 8. The van der Waals surface area contributed by atoms with Crippen molar-refractivity contribution in [2.75, 3.05) is 11.1 Å². The van der Waals surface area contributed by atoms with Gasteiger partial charge >= 0.3 is 0 Å². The molecule has 37 heavy (non-hydrogen) atoms. The summed E-state index contributed by atoms with van der Waals surface area (Å²) in [7, 11) is 1.86. The molecule has 4 aromatic heterocycles. The van der Waals surface area contributed by atoms with Crippen LogP contribution in [0.4, 0.5) is 11.6 Å². The first-order valence-corrected chi connectivity index (χ1v) is 12.2. The van der Waals surface area contributed by atoms with Gasteiger partial charge in [0.15, 0.2) is 0 Å². The van der Waals surface area contributed by atoms with Gasteiger partial charge in [0, 0.05) is 31.8 Å². The summed E-state index contributed by atoms with van der Waals surface area (Å²) in [5.41, 5.74) is 8.87. The molecule has 0 amide bonds. The quantitative estimate of drug-likeness (QED) is 0.341. The van der Waals surface area contributed by atoms with E-state index in [0.29, 0.717) is 40.4 Å². The Balaban J connectivity index is 1.50. The zero-order valence-corrected chi connectivity index (χ0v) is 20.7. The summed E-state index contributed by atoms with van der Waals surface area (Å²) in [6.45, 7) is 3.73. The number of nitrogens with two attached hydrogens (primary N) is 1. The molecule has 0 radical (unpaired) electrons. The molecule has 3 N–H and O–H groups in total. The lowest BCUT2D eigenvalue weighted by atomic mass is 10.0. The monoisotopic (exact) mass is 498 g/mol. The maximum absolute atomic E-state index is 14.0. The first-order chi connectivity index (χ1) is 17.9. The molecule has 1 fully saturated rings. The fourth-order valence-electron chi connectivity index (χ4n) is 4.62. The van der Waals surface area contributed by atoms with Gasteiger partial charge in [0.1, 0.15) is 29.4 Å². The van der Waals surface area contributed by atoms with E-state index >= 15 is 0 Å². The van der Waals surface area contributed by atoms with E-state index in [9.17, 15) is 4.79 Å². The van der Waals surface area contributed by atoms with Crippen molar-refractivity contribution in [1.29, 1.82) is 0 Å². The van der Waals surface area contributed by atoms with E-state index in [-0.39, 0.29) is 29.4 Å². The number of aryl methyl sites for hydroxylation is 2. The van der Waals surface area contributed by atoms with Crippen LogP contribution < -0.4 is 16.6 Å². The normalized spacial score (nSPS) is 14.2. The highest BCUT2D eigenvalue weighted by molar-refractivity contribution is 5.93. The number of rotatable bonds is 7. The highest BCUT2D eigenvalue weighted by atomic mass is 16.4. The highest BCUT2D eigenvalue weighted by Gasteiger charge is 2.32. The topological polar surface area (TPSA) is 155 Å². The van der Waals surface area contributed by atoms with Crippen molar-refractivity contribution in [1.82, 2.24) is 39.5 Å². The Labute approximate surface area is 211 Å². The summed E-state index contributed by atoms with van der Waals surface area (Å²) in [6, 6.07) is 5.50. The first kappa shape index (κ1) is 22.8. The lowest BCUT2D eigenvalue weighted by Crippen LogP contribution is -2.29. The largest absolute Gasteiger partial charge is 0.421 e. The Morgan fingerprint density at radius 3 is 2.76 bits per heavy atom. The molecule has 5 aromatic rings. The van der Waals surface area contributed by atoms with E-state index in [1.165, 1.54) is 6.33 Å². The van der Waals surface area contributed by atoms with Gasteiger partial charge in [0.25, 0.3) is 11.4 Å². The third-order valence-corrected chi connectivity index (χ3v) is 6.53. The molecular weight excluding hydrogens is 472 g/mol. The zero-order valence-electron chi connectivity index (χ0n) is 20.7. The molecule has 0 bridgehead atoms. The smallest absolute Gasteiger partial charge is 0.262 e. The van der Waals surface area contributed by atoms with E-state index in [1.54, 1.807) is 17.8 Å². The summed E-state index contributed by atoms with van der Waals surface area (Å²) >= 11 is 0. The standard InChI is InChI=1S/C25H26N10O2/c1-4-17(30-22-20(21(26)27-12-28-22)24-33-32-13(2)37-24)23-31-18-7-5-6-16(14-10-29-34(3)11-14)19(18)25(36)35(23)15-8-9-15/h5-7,10-12,15,17H,4,8-9H2,1-3H3,(H3,26,27,28,30)/t17-/m0/s1. The molecule has 0 aliphatic heterocycles. The molecule has 1 aromatic carbocycles. The van der Waals surface area contributed by atoms with Crippen LogP contribution in [-0.4, -0.2) is 39.5 Å². The molecule has 6 rings (SSSR count). The molecular formula is C25H26N10O2. The van der Waals surface area contributed by atoms with Gasteiger partial charge in [0.2, 0.25) is 5.89 Å². The average molecular weight is 499 g/mol. The van der Waals surface area contributed by atoms with Gasteiger partial charge in [-0.15, -0.1) is 10.2 Å². The van der Waals surface area contributed by atoms with Gasteiger partial charge in [-0.25, -0.2) is 15.0 Å².